The molecule has 0 atom stereocenters. The maximum atomic E-state index is 13.1. The number of rotatable bonds is 6. The number of hydrogen-bond acceptors (Lipinski definition) is 4. The predicted molar refractivity (Wildman–Crippen MR) is 154 cm³/mol. The molecule has 8 heteroatoms. The van der Waals surface area contributed by atoms with Crippen LogP contribution in [0.3, 0.4) is 0 Å². The molecular weight excluding hydrogens is 564 g/mol. The van der Waals surface area contributed by atoms with Crippen molar-refractivity contribution in [3.63, 3.8) is 0 Å². The number of nitrogens with one attached hydrogen (secondary N) is 1. The first kappa shape index (κ1) is 25.7. The minimum absolute atomic E-state index is 0.0277. The highest BCUT2D eigenvalue weighted by Crippen LogP contribution is 2.35. The van der Waals surface area contributed by atoms with Gasteiger partial charge in [0.15, 0.2) is 5.75 Å². The van der Waals surface area contributed by atoms with Crippen LogP contribution >= 0.6 is 15.9 Å². The number of benzene rings is 5. The van der Waals surface area contributed by atoms with Gasteiger partial charge in [-0.1, -0.05) is 64.5 Å². The molecule has 0 unspecified atom stereocenters. The molecule has 0 saturated heterocycles. The molecule has 5 rings (SSSR count). The summed E-state index contributed by atoms with van der Waals surface area (Å²) in [5, 5.41) is 10.4. The molecule has 3 N–H and O–H groups in total. The topological polar surface area (TPSA) is 98.5 Å². The Morgan fingerprint density at radius 3 is 2.29 bits per heavy atom. The Kier molecular flexibility index (Phi) is 7.03. The van der Waals surface area contributed by atoms with Crippen LogP contribution in [0.4, 0.5) is 5.69 Å². The molecule has 6 nitrogen and oxygen atoms in total. The van der Waals surface area contributed by atoms with Gasteiger partial charge in [0, 0.05) is 15.6 Å². The minimum atomic E-state index is -3.89. The molecular formula is C30H23BrN2O4S. The first-order chi connectivity index (χ1) is 18.2. The summed E-state index contributed by atoms with van der Waals surface area (Å²) in [4.78, 5) is 13.1. The van der Waals surface area contributed by atoms with Crippen LogP contribution in [0.25, 0.3) is 21.9 Å². The molecule has 0 bridgehead atoms. The van der Waals surface area contributed by atoms with Crippen molar-refractivity contribution < 1.29 is 17.9 Å². The van der Waals surface area contributed by atoms with Crippen molar-refractivity contribution in [2.75, 3.05) is 5.32 Å². The van der Waals surface area contributed by atoms with Gasteiger partial charge in [0.1, 0.15) is 5.75 Å². The van der Waals surface area contributed by atoms with E-state index in [9.17, 15) is 13.2 Å². The van der Waals surface area contributed by atoms with Gasteiger partial charge in [-0.25, -0.2) is 13.6 Å². The van der Waals surface area contributed by atoms with Gasteiger partial charge < -0.3 is 10.1 Å². The number of aryl methyl sites for hydroxylation is 1. The normalized spacial score (nSPS) is 11.3. The number of hydrogen-bond donors (Lipinski definition) is 2. The van der Waals surface area contributed by atoms with Gasteiger partial charge in [0.25, 0.3) is 5.91 Å². The van der Waals surface area contributed by atoms with Crippen molar-refractivity contribution in [3.05, 3.63) is 119 Å². The maximum Gasteiger partial charge on any atom is 0.255 e. The summed E-state index contributed by atoms with van der Waals surface area (Å²) >= 11 is 3.51. The number of carbonyl (C=O) groups is 1. The lowest BCUT2D eigenvalue weighted by Crippen LogP contribution is -2.13. The lowest BCUT2D eigenvalue weighted by molar-refractivity contribution is 0.102. The Labute approximate surface area is 229 Å². The second kappa shape index (κ2) is 10.4. The van der Waals surface area contributed by atoms with Crippen molar-refractivity contribution in [1.82, 2.24) is 0 Å². The molecule has 0 aliphatic rings. The van der Waals surface area contributed by atoms with E-state index in [4.69, 9.17) is 9.88 Å². The molecule has 0 fully saturated rings. The Hall–Kier alpha value is -3.98. The summed E-state index contributed by atoms with van der Waals surface area (Å²) in [5.41, 5.74) is 3.00. The van der Waals surface area contributed by atoms with Crippen LogP contribution in [-0.4, -0.2) is 14.3 Å². The number of fused-ring (bicyclic) bond motifs is 1. The number of amides is 1. The van der Waals surface area contributed by atoms with Crippen molar-refractivity contribution in [3.8, 4) is 22.6 Å². The van der Waals surface area contributed by atoms with Crippen LogP contribution in [0.1, 0.15) is 15.9 Å². The summed E-state index contributed by atoms with van der Waals surface area (Å²) in [6, 6.07) is 30.5. The third kappa shape index (κ3) is 5.47. The standard InChI is InChI=1S/C30H23BrN2O4S/c1-19-16-23-17-24(31)15-14-22(23)18-28(19)37-27-8-4-3-7-26(27)33-30(34)21-12-10-20(11-13-21)25-6-2-5-9-29(25)38(32,35)36/h2-18H,1H3,(H,33,34)(H2,32,35,36). The number of anilines is 1. The van der Waals surface area contributed by atoms with Gasteiger partial charge >= 0.3 is 0 Å². The molecule has 38 heavy (non-hydrogen) atoms. The summed E-state index contributed by atoms with van der Waals surface area (Å²) < 4.78 is 31.2. The highest BCUT2D eigenvalue weighted by molar-refractivity contribution is 9.10. The SMILES string of the molecule is Cc1cc2cc(Br)ccc2cc1Oc1ccccc1NC(=O)c1ccc(-c2ccccc2S(N)(=O)=O)cc1. The molecule has 0 aliphatic carbocycles. The molecule has 5 aromatic rings. The van der Waals surface area contributed by atoms with Crippen LogP contribution in [0, 0.1) is 6.92 Å². The lowest BCUT2D eigenvalue weighted by atomic mass is 10.0. The fourth-order valence-electron chi connectivity index (χ4n) is 4.20. The Bertz CT molecular complexity index is 1780. The van der Waals surface area contributed by atoms with E-state index in [0.717, 1.165) is 20.8 Å². The van der Waals surface area contributed by atoms with Crippen LogP contribution in [0.15, 0.2) is 112 Å². The highest BCUT2D eigenvalue weighted by Gasteiger charge is 2.16. The third-order valence-electron chi connectivity index (χ3n) is 6.10. The number of nitrogens with two attached hydrogens (primary N) is 1. The number of halogens is 1. The minimum Gasteiger partial charge on any atom is -0.455 e. The van der Waals surface area contributed by atoms with Gasteiger partial charge in [0.05, 0.1) is 10.6 Å². The van der Waals surface area contributed by atoms with Crippen LogP contribution in [-0.2, 0) is 10.0 Å². The van der Waals surface area contributed by atoms with Crippen molar-refractivity contribution in [2.24, 2.45) is 5.14 Å². The molecule has 0 radical (unpaired) electrons. The van der Waals surface area contributed by atoms with Crippen molar-refractivity contribution in [2.45, 2.75) is 11.8 Å². The lowest BCUT2D eigenvalue weighted by Gasteiger charge is -2.15. The van der Waals surface area contributed by atoms with Gasteiger partial charge in [-0.2, -0.15) is 0 Å². The van der Waals surface area contributed by atoms with E-state index in [1.807, 2.05) is 37.3 Å². The van der Waals surface area contributed by atoms with Crippen LogP contribution < -0.4 is 15.2 Å². The average Bonchev–Trinajstić information content (AvgIpc) is 2.90. The Morgan fingerprint density at radius 1 is 0.816 bits per heavy atom. The number of para-hydroxylation sites is 2. The first-order valence-corrected chi connectivity index (χ1v) is 14.0. The molecule has 1 amide bonds. The zero-order valence-electron chi connectivity index (χ0n) is 20.3. The second-order valence-electron chi connectivity index (χ2n) is 8.78. The summed E-state index contributed by atoms with van der Waals surface area (Å²) in [6.07, 6.45) is 0. The van der Waals surface area contributed by atoms with E-state index in [1.165, 1.54) is 6.07 Å². The van der Waals surface area contributed by atoms with Gasteiger partial charge in [-0.15, -0.1) is 0 Å². The fraction of sp³-hybridized carbons (Fsp3) is 0.0333. The summed E-state index contributed by atoms with van der Waals surface area (Å²) in [5.74, 6) is 0.880. The van der Waals surface area contributed by atoms with Gasteiger partial charge in [0.2, 0.25) is 10.0 Å². The van der Waals surface area contributed by atoms with E-state index in [0.29, 0.717) is 33.9 Å². The first-order valence-electron chi connectivity index (χ1n) is 11.7. The second-order valence-corrected chi connectivity index (χ2v) is 11.2. The molecule has 0 heterocycles. The fourth-order valence-corrected chi connectivity index (χ4v) is 5.34. The third-order valence-corrected chi connectivity index (χ3v) is 7.57. The summed E-state index contributed by atoms with van der Waals surface area (Å²) in [7, 11) is -3.89. The zero-order valence-corrected chi connectivity index (χ0v) is 22.7. The molecule has 5 aromatic carbocycles. The summed E-state index contributed by atoms with van der Waals surface area (Å²) in [6.45, 7) is 1.98. The number of sulfonamides is 1. The molecule has 0 spiro atoms. The van der Waals surface area contributed by atoms with E-state index in [1.54, 1.807) is 54.6 Å². The largest absolute Gasteiger partial charge is 0.455 e. The van der Waals surface area contributed by atoms with E-state index < -0.39 is 10.0 Å². The molecule has 0 saturated carbocycles. The van der Waals surface area contributed by atoms with E-state index >= 15 is 0 Å². The van der Waals surface area contributed by atoms with Gasteiger partial charge in [-0.3, -0.25) is 4.79 Å². The monoisotopic (exact) mass is 586 g/mol. The average molecular weight is 587 g/mol. The molecule has 0 aliphatic heterocycles. The maximum absolute atomic E-state index is 13.1. The van der Waals surface area contributed by atoms with Crippen molar-refractivity contribution in [1.29, 1.82) is 0 Å². The highest BCUT2D eigenvalue weighted by atomic mass is 79.9. The predicted octanol–water partition coefficient (Wildman–Crippen LogP) is 7.27. The Morgan fingerprint density at radius 2 is 1.53 bits per heavy atom. The van der Waals surface area contributed by atoms with Gasteiger partial charge in [-0.05, 0) is 83.4 Å². The zero-order chi connectivity index (χ0) is 26.9. The quantitative estimate of drug-likeness (QED) is 0.218. The van der Waals surface area contributed by atoms with E-state index in [-0.39, 0.29) is 10.8 Å². The molecule has 190 valence electrons. The number of carbonyl (C=O) groups excluding carboxylic acids is 1. The smallest absolute Gasteiger partial charge is 0.255 e. The van der Waals surface area contributed by atoms with Crippen LogP contribution in [0.5, 0.6) is 11.5 Å². The number of ether oxygens (including phenoxy) is 1. The van der Waals surface area contributed by atoms with E-state index in [2.05, 4.69) is 33.4 Å². The van der Waals surface area contributed by atoms with Crippen molar-refractivity contribution >= 4 is 48.3 Å². The molecule has 0 aromatic heterocycles. The van der Waals surface area contributed by atoms with Crippen LogP contribution in [0.2, 0.25) is 0 Å². The number of primary sulfonamides is 1. The Balaban J connectivity index is 1.38.